The molecule has 1 aromatic rings. The van der Waals surface area contributed by atoms with Crippen molar-refractivity contribution in [3.8, 4) is 0 Å². The van der Waals surface area contributed by atoms with Crippen LogP contribution in [-0.2, 0) is 19.9 Å². The molecule has 0 radical (unpaired) electrons. The number of piperidine rings is 1. The Morgan fingerprint density at radius 3 is 2.31 bits per heavy atom. The molecule has 4 saturated carbocycles. The molecule has 1 aromatic carbocycles. The van der Waals surface area contributed by atoms with Gasteiger partial charge in [0.05, 0.1) is 5.41 Å². The van der Waals surface area contributed by atoms with Crippen molar-refractivity contribution in [3.05, 3.63) is 35.9 Å². The minimum Gasteiger partial charge on any atom is -0.454 e. The molecule has 138 valence electrons. The summed E-state index contributed by atoms with van der Waals surface area (Å²) >= 11 is 0. The van der Waals surface area contributed by atoms with Crippen molar-refractivity contribution in [2.24, 2.45) is 23.2 Å². The lowest BCUT2D eigenvalue weighted by Crippen LogP contribution is -2.56. The van der Waals surface area contributed by atoms with Crippen LogP contribution in [0.1, 0.15) is 50.5 Å². The van der Waals surface area contributed by atoms with Crippen LogP contribution in [0.15, 0.2) is 30.3 Å². The molecular weight excluding hydrogens is 326 g/mol. The molecular formula is C22H27NO3. The second-order valence-electron chi connectivity index (χ2n) is 9.03. The van der Waals surface area contributed by atoms with E-state index in [1.54, 1.807) is 0 Å². The van der Waals surface area contributed by atoms with Crippen LogP contribution in [0.3, 0.4) is 0 Å². The number of ketones is 1. The number of rotatable bonds is 3. The maximum absolute atomic E-state index is 13.5. The fourth-order valence-corrected chi connectivity index (χ4v) is 6.30. The number of carbonyl (C=O) groups excluding carboxylic acids is 2. The number of benzene rings is 1. The Morgan fingerprint density at radius 2 is 1.65 bits per heavy atom. The van der Waals surface area contributed by atoms with Crippen LogP contribution < -0.4 is 5.32 Å². The molecule has 1 heterocycles. The molecule has 0 aromatic heterocycles. The number of hydrogen-bond donors (Lipinski definition) is 1. The highest BCUT2D eigenvalue weighted by Gasteiger charge is 2.60. The lowest BCUT2D eigenvalue weighted by Gasteiger charge is -2.54. The van der Waals surface area contributed by atoms with Gasteiger partial charge < -0.3 is 10.1 Å². The van der Waals surface area contributed by atoms with E-state index in [-0.39, 0.29) is 17.8 Å². The van der Waals surface area contributed by atoms with E-state index in [1.807, 2.05) is 18.2 Å². The summed E-state index contributed by atoms with van der Waals surface area (Å²) < 4.78 is 6.39. The minimum absolute atomic E-state index is 0.0323. The van der Waals surface area contributed by atoms with E-state index in [4.69, 9.17) is 4.74 Å². The van der Waals surface area contributed by atoms with Gasteiger partial charge in [-0.05, 0) is 56.7 Å². The maximum Gasteiger partial charge on any atom is 0.313 e. The SMILES string of the molecule is O=C1C2CC3CC1CC(C(=O)OC1(c4ccccc4)CCNCC1)(C3)C2. The van der Waals surface area contributed by atoms with Gasteiger partial charge in [0.25, 0.3) is 0 Å². The van der Waals surface area contributed by atoms with Crippen LogP contribution in [0, 0.1) is 23.2 Å². The van der Waals surface area contributed by atoms with Gasteiger partial charge in [0, 0.05) is 24.7 Å². The number of nitrogens with one attached hydrogen (secondary N) is 1. The van der Waals surface area contributed by atoms with Crippen LogP contribution in [0.4, 0.5) is 0 Å². The predicted molar refractivity (Wildman–Crippen MR) is 97.3 cm³/mol. The summed E-state index contributed by atoms with van der Waals surface area (Å²) in [4.78, 5) is 25.9. The zero-order chi connectivity index (χ0) is 17.8. The molecule has 6 rings (SSSR count). The molecule has 4 bridgehead atoms. The molecule has 1 saturated heterocycles. The van der Waals surface area contributed by atoms with Crippen molar-refractivity contribution in [2.45, 2.75) is 50.5 Å². The van der Waals surface area contributed by atoms with Crippen LogP contribution in [0.25, 0.3) is 0 Å². The van der Waals surface area contributed by atoms with Gasteiger partial charge in [0.15, 0.2) is 0 Å². The molecule has 2 atom stereocenters. The Kier molecular flexibility index (Phi) is 3.75. The molecule has 4 heteroatoms. The third-order valence-corrected chi connectivity index (χ3v) is 7.43. The van der Waals surface area contributed by atoms with Gasteiger partial charge >= 0.3 is 5.97 Å². The Morgan fingerprint density at radius 1 is 1.00 bits per heavy atom. The second-order valence-corrected chi connectivity index (χ2v) is 9.03. The van der Waals surface area contributed by atoms with Crippen LogP contribution >= 0.6 is 0 Å². The van der Waals surface area contributed by atoms with Gasteiger partial charge in [0.1, 0.15) is 11.4 Å². The fourth-order valence-electron chi connectivity index (χ4n) is 6.30. The molecule has 5 fully saturated rings. The average molecular weight is 353 g/mol. The van der Waals surface area contributed by atoms with E-state index in [2.05, 4.69) is 17.4 Å². The van der Waals surface area contributed by atoms with Gasteiger partial charge in [-0.25, -0.2) is 0 Å². The Hall–Kier alpha value is -1.68. The number of esters is 1. The summed E-state index contributed by atoms with van der Waals surface area (Å²) in [6.07, 6.45) is 6.00. The molecule has 5 aliphatic rings. The molecule has 4 aliphatic carbocycles. The fraction of sp³-hybridized carbons (Fsp3) is 0.636. The van der Waals surface area contributed by atoms with Gasteiger partial charge in [-0.3, -0.25) is 9.59 Å². The normalized spacial score (nSPS) is 37.5. The molecule has 26 heavy (non-hydrogen) atoms. The monoisotopic (exact) mass is 353 g/mol. The third-order valence-electron chi connectivity index (χ3n) is 7.43. The van der Waals surface area contributed by atoms with Crippen molar-refractivity contribution < 1.29 is 14.3 Å². The van der Waals surface area contributed by atoms with Crippen LogP contribution in [0.2, 0.25) is 0 Å². The summed E-state index contributed by atoms with van der Waals surface area (Å²) in [5, 5.41) is 3.39. The predicted octanol–water partition coefficient (Wildman–Crippen LogP) is 3.20. The number of Topliss-reactive ketones (excluding diaryl/α,β-unsaturated/α-hetero) is 1. The quantitative estimate of drug-likeness (QED) is 0.848. The van der Waals surface area contributed by atoms with E-state index in [1.165, 1.54) is 0 Å². The van der Waals surface area contributed by atoms with E-state index < -0.39 is 11.0 Å². The molecule has 4 nitrogen and oxygen atoms in total. The number of hydrogen-bond acceptors (Lipinski definition) is 4. The van der Waals surface area contributed by atoms with Gasteiger partial charge in [-0.15, -0.1) is 0 Å². The van der Waals surface area contributed by atoms with Crippen molar-refractivity contribution in [1.82, 2.24) is 5.32 Å². The summed E-state index contributed by atoms with van der Waals surface area (Å²) in [6, 6.07) is 10.2. The highest BCUT2D eigenvalue weighted by molar-refractivity contribution is 5.89. The van der Waals surface area contributed by atoms with Crippen LogP contribution in [0.5, 0.6) is 0 Å². The zero-order valence-electron chi connectivity index (χ0n) is 15.2. The Labute approximate surface area is 154 Å². The first-order valence-electron chi connectivity index (χ1n) is 10.1. The highest BCUT2D eigenvalue weighted by atomic mass is 16.6. The summed E-state index contributed by atoms with van der Waals surface area (Å²) in [6.45, 7) is 1.73. The number of carbonyl (C=O) groups is 2. The van der Waals surface area contributed by atoms with E-state index in [0.29, 0.717) is 11.7 Å². The first-order valence-corrected chi connectivity index (χ1v) is 10.1. The first kappa shape index (κ1) is 16.5. The zero-order valence-corrected chi connectivity index (χ0v) is 15.2. The minimum atomic E-state index is -0.517. The largest absolute Gasteiger partial charge is 0.454 e. The van der Waals surface area contributed by atoms with Crippen LogP contribution in [-0.4, -0.2) is 24.8 Å². The van der Waals surface area contributed by atoms with Gasteiger partial charge in [0.2, 0.25) is 0 Å². The van der Waals surface area contributed by atoms with E-state index in [0.717, 1.165) is 63.6 Å². The maximum atomic E-state index is 13.5. The smallest absolute Gasteiger partial charge is 0.313 e. The summed E-state index contributed by atoms with van der Waals surface area (Å²) in [7, 11) is 0. The molecule has 2 unspecified atom stereocenters. The summed E-state index contributed by atoms with van der Waals surface area (Å²) in [5.74, 6) is 1.14. The van der Waals surface area contributed by atoms with Gasteiger partial charge in [-0.1, -0.05) is 30.3 Å². The lowest BCUT2D eigenvalue weighted by molar-refractivity contribution is -0.191. The second kappa shape index (κ2) is 5.91. The topological polar surface area (TPSA) is 55.4 Å². The van der Waals surface area contributed by atoms with Crippen molar-refractivity contribution >= 4 is 11.8 Å². The molecule has 1 aliphatic heterocycles. The Bertz CT molecular complexity index is 704. The van der Waals surface area contributed by atoms with E-state index >= 15 is 0 Å². The van der Waals surface area contributed by atoms with Crippen molar-refractivity contribution in [2.75, 3.05) is 13.1 Å². The molecule has 1 N–H and O–H groups in total. The average Bonchev–Trinajstić information content (AvgIpc) is 2.67. The molecule has 0 amide bonds. The van der Waals surface area contributed by atoms with Crippen molar-refractivity contribution in [3.63, 3.8) is 0 Å². The third kappa shape index (κ3) is 2.45. The van der Waals surface area contributed by atoms with E-state index in [9.17, 15) is 9.59 Å². The highest BCUT2D eigenvalue weighted by Crippen LogP contribution is 2.59. The van der Waals surface area contributed by atoms with Crippen molar-refractivity contribution in [1.29, 1.82) is 0 Å². The standard InChI is InChI=1S/C22H27NO3/c24-19-16-10-15-11-17(19)14-21(12-15,13-16)20(25)26-22(6-8-23-9-7-22)18-4-2-1-3-5-18/h1-5,15-17,23H,6-14H2. The molecule has 0 spiro atoms. The van der Waals surface area contributed by atoms with Gasteiger partial charge in [-0.2, -0.15) is 0 Å². The first-order chi connectivity index (χ1) is 12.6. The Balaban J connectivity index is 1.44. The summed E-state index contributed by atoms with van der Waals surface area (Å²) in [5.41, 5.74) is 0.184. The number of ether oxygens (including phenoxy) is 1. The lowest BCUT2D eigenvalue weighted by atomic mass is 9.49.